The number of hydrogen-bond acceptors (Lipinski definition) is 5. The minimum absolute atomic E-state index is 0.189. The van der Waals surface area contributed by atoms with E-state index >= 15 is 0 Å². The molecule has 1 aliphatic carbocycles. The summed E-state index contributed by atoms with van der Waals surface area (Å²) in [6, 6.07) is 2.35. The number of aromatic nitrogens is 2. The number of nitrogens with zero attached hydrogens (tertiary/aromatic N) is 2. The molecular formula is C15H24N4O2. The molecule has 1 amide bonds. The first-order chi connectivity index (χ1) is 9.92. The van der Waals surface area contributed by atoms with Crippen LogP contribution in [0.3, 0.4) is 0 Å². The third-order valence-electron chi connectivity index (χ3n) is 3.35. The van der Waals surface area contributed by atoms with Crippen LogP contribution in [0.2, 0.25) is 0 Å². The van der Waals surface area contributed by atoms with Gasteiger partial charge in [-0.05, 0) is 52.5 Å². The van der Waals surface area contributed by atoms with Crippen molar-refractivity contribution in [1.29, 1.82) is 0 Å². The van der Waals surface area contributed by atoms with Gasteiger partial charge in [-0.2, -0.15) is 0 Å². The summed E-state index contributed by atoms with van der Waals surface area (Å²) in [4.78, 5) is 20.1. The third kappa shape index (κ3) is 5.57. The van der Waals surface area contributed by atoms with Gasteiger partial charge in [0.05, 0.1) is 0 Å². The smallest absolute Gasteiger partial charge is 0.407 e. The highest BCUT2D eigenvalue weighted by Gasteiger charge is 2.24. The number of ether oxygens (including phenoxy) is 1. The fourth-order valence-corrected chi connectivity index (χ4v) is 2.41. The van der Waals surface area contributed by atoms with Gasteiger partial charge in [-0.25, -0.2) is 14.8 Å². The number of alkyl carbamates (subject to hydrolysis) is 1. The van der Waals surface area contributed by atoms with E-state index < -0.39 is 5.60 Å². The first-order valence-corrected chi connectivity index (χ1v) is 7.45. The largest absolute Gasteiger partial charge is 0.444 e. The van der Waals surface area contributed by atoms with Crippen molar-refractivity contribution in [3.63, 3.8) is 0 Å². The van der Waals surface area contributed by atoms with Crippen molar-refractivity contribution in [2.24, 2.45) is 0 Å². The van der Waals surface area contributed by atoms with Crippen LogP contribution < -0.4 is 10.6 Å². The number of hydrogen-bond donors (Lipinski definition) is 2. The van der Waals surface area contributed by atoms with Gasteiger partial charge >= 0.3 is 6.09 Å². The molecule has 2 N–H and O–H groups in total. The number of carbonyl (C=O) groups excluding carboxylic acids is 1. The zero-order valence-electron chi connectivity index (χ0n) is 12.9. The molecule has 1 saturated carbocycles. The molecular weight excluding hydrogens is 268 g/mol. The van der Waals surface area contributed by atoms with Gasteiger partial charge in [0.1, 0.15) is 5.60 Å². The number of anilines is 1. The van der Waals surface area contributed by atoms with E-state index in [1.807, 2.05) is 20.8 Å². The van der Waals surface area contributed by atoms with Crippen LogP contribution in [0.15, 0.2) is 18.5 Å². The highest BCUT2D eigenvalue weighted by Crippen LogP contribution is 2.21. The summed E-state index contributed by atoms with van der Waals surface area (Å²) in [5.41, 5.74) is -0.451. The fourth-order valence-electron chi connectivity index (χ4n) is 2.41. The molecule has 0 bridgehead atoms. The van der Waals surface area contributed by atoms with Crippen LogP contribution in [0, 0.1) is 0 Å². The summed E-state index contributed by atoms with van der Waals surface area (Å²) in [5.74, 6) is 0.668. The number of carbonyl (C=O) groups is 1. The second-order valence-electron chi connectivity index (χ2n) is 6.41. The second kappa shape index (κ2) is 6.74. The van der Waals surface area contributed by atoms with Gasteiger partial charge in [0.2, 0.25) is 5.95 Å². The van der Waals surface area contributed by atoms with Gasteiger partial charge < -0.3 is 15.4 Å². The molecule has 116 valence electrons. The van der Waals surface area contributed by atoms with Gasteiger partial charge in [-0.3, -0.25) is 0 Å². The Labute approximate surface area is 125 Å². The Morgan fingerprint density at radius 3 is 2.29 bits per heavy atom. The number of amides is 1. The van der Waals surface area contributed by atoms with Crippen LogP contribution in [-0.2, 0) is 4.74 Å². The van der Waals surface area contributed by atoms with Crippen LogP contribution in [0.5, 0.6) is 0 Å². The van der Waals surface area contributed by atoms with E-state index in [1.54, 1.807) is 18.5 Å². The van der Waals surface area contributed by atoms with Crippen molar-refractivity contribution in [3.05, 3.63) is 18.5 Å². The molecule has 1 aromatic heterocycles. The molecule has 2 rings (SSSR count). The monoisotopic (exact) mass is 292 g/mol. The van der Waals surface area contributed by atoms with Gasteiger partial charge in [0, 0.05) is 24.5 Å². The summed E-state index contributed by atoms with van der Waals surface area (Å²) in [5, 5.41) is 6.27. The molecule has 1 aromatic rings. The average Bonchev–Trinajstić information content (AvgIpc) is 2.40. The molecule has 0 unspecified atom stereocenters. The maximum atomic E-state index is 11.7. The van der Waals surface area contributed by atoms with E-state index in [0.29, 0.717) is 12.0 Å². The zero-order chi connectivity index (χ0) is 15.3. The van der Waals surface area contributed by atoms with Crippen molar-refractivity contribution in [2.45, 2.75) is 64.1 Å². The lowest BCUT2D eigenvalue weighted by molar-refractivity contribution is 0.0492. The van der Waals surface area contributed by atoms with Crippen molar-refractivity contribution in [2.75, 3.05) is 5.32 Å². The van der Waals surface area contributed by atoms with Gasteiger partial charge in [0.25, 0.3) is 0 Å². The van der Waals surface area contributed by atoms with Crippen molar-refractivity contribution >= 4 is 12.0 Å². The van der Waals surface area contributed by atoms with Gasteiger partial charge in [0.15, 0.2) is 0 Å². The molecule has 1 heterocycles. The highest BCUT2D eigenvalue weighted by molar-refractivity contribution is 5.68. The molecule has 0 aromatic carbocycles. The van der Waals surface area contributed by atoms with Gasteiger partial charge in [-0.1, -0.05) is 0 Å². The van der Waals surface area contributed by atoms with E-state index in [0.717, 1.165) is 25.7 Å². The molecule has 1 aliphatic rings. The maximum Gasteiger partial charge on any atom is 0.407 e. The summed E-state index contributed by atoms with van der Waals surface area (Å²) in [6.45, 7) is 5.60. The van der Waals surface area contributed by atoms with Crippen LogP contribution in [0.4, 0.5) is 10.7 Å². The molecule has 0 atom stereocenters. The maximum absolute atomic E-state index is 11.7. The Hall–Kier alpha value is -1.85. The average molecular weight is 292 g/mol. The highest BCUT2D eigenvalue weighted by atomic mass is 16.6. The minimum Gasteiger partial charge on any atom is -0.444 e. The molecule has 6 heteroatoms. The lowest BCUT2D eigenvalue weighted by atomic mass is 9.91. The lowest BCUT2D eigenvalue weighted by Crippen LogP contribution is -2.42. The first kappa shape index (κ1) is 15.5. The zero-order valence-corrected chi connectivity index (χ0v) is 12.9. The Balaban J connectivity index is 1.72. The molecule has 0 spiro atoms. The van der Waals surface area contributed by atoms with Crippen LogP contribution >= 0.6 is 0 Å². The molecule has 6 nitrogen and oxygen atoms in total. The summed E-state index contributed by atoms with van der Waals surface area (Å²) in [6.07, 6.45) is 6.96. The molecule has 0 radical (unpaired) electrons. The Morgan fingerprint density at radius 2 is 1.71 bits per heavy atom. The SMILES string of the molecule is CC(C)(C)OC(=O)NC1CCC(Nc2ncccn2)CC1. The molecule has 0 saturated heterocycles. The third-order valence-corrected chi connectivity index (χ3v) is 3.35. The Morgan fingerprint density at radius 1 is 1.14 bits per heavy atom. The van der Waals surface area contributed by atoms with E-state index in [2.05, 4.69) is 20.6 Å². The number of nitrogens with one attached hydrogen (secondary N) is 2. The van der Waals surface area contributed by atoms with Crippen molar-refractivity contribution in [3.8, 4) is 0 Å². The van der Waals surface area contributed by atoms with E-state index in [4.69, 9.17) is 4.74 Å². The molecule has 1 fully saturated rings. The van der Waals surface area contributed by atoms with Crippen LogP contribution in [-0.4, -0.2) is 33.7 Å². The predicted molar refractivity (Wildman–Crippen MR) is 81.1 cm³/mol. The topological polar surface area (TPSA) is 76.1 Å². The van der Waals surface area contributed by atoms with Gasteiger partial charge in [-0.15, -0.1) is 0 Å². The summed E-state index contributed by atoms with van der Waals surface area (Å²) >= 11 is 0. The minimum atomic E-state index is -0.451. The quantitative estimate of drug-likeness (QED) is 0.896. The van der Waals surface area contributed by atoms with E-state index in [-0.39, 0.29) is 12.1 Å². The fraction of sp³-hybridized carbons (Fsp3) is 0.667. The second-order valence-corrected chi connectivity index (χ2v) is 6.41. The van der Waals surface area contributed by atoms with Crippen molar-refractivity contribution < 1.29 is 9.53 Å². The predicted octanol–water partition coefficient (Wildman–Crippen LogP) is 2.72. The number of rotatable bonds is 3. The Bertz CT molecular complexity index is 450. The lowest BCUT2D eigenvalue weighted by Gasteiger charge is -2.30. The van der Waals surface area contributed by atoms with E-state index in [9.17, 15) is 4.79 Å². The Kier molecular flexibility index (Phi) is 4.98. The molecule has 0 aliphatic heterocycles. The first-order valence-electron chi connectivity index (χ1n) is 7.45. The molecule has 21 heavy (non-hydrogen) atoms. The summed E-state index contributed by atoms with van der Waals surface area (Å²) in [7, 11) is 0. The van der Waals surface area contributed by atoms with Crippen LogP contribution in [0.1, 0.15) is 46.5 Å². The van der Waals surface area contributed by atoms with E-state index in [1.165, 1.54) is 0 Å². The standard InChI is InChI=1S/C15H24N4O2/c1-15(2,3)21-14(20)19-12-7-5-11(6-8-12)18-13-16-9-4-10-17-13/h4,9-12H,5-8H2,1-3H3,(H,19,20)(H,16,17,18). The summed E-state index contributed by atoms with van der Waals surface area (Å²) < 4.78 is 5.28. The normalized spacial score (nSPS) is 22.4. The van der Waals surface area contributed by atoms with Crippen molar-refractivity contribution in [1.82, 2.24) is 15.3 Å². The van der Waals surface area contributed by atoms with Crippen LogP contribution in [0.25, 0.3) is 0 Å².